The molecular formula is C17H21N3O6. The predicted octanol–water partition coefficient (Wildman–Crippen LogP) is 1.12. The fraction of sp³-hybridized carbons (Fsp3) is 0.529. The van der Waals surface area contributed by atoms with Crippen LogP contribution >= 0.6 is 0 Å². The largest absolute Gasteiger partial charge is 0.481 e. The van der Waals surface area contributed by atoms with Gasteiger partial charge in [-0.3, -0.25) is 4.79 Å². The number of amides is 1. The van der Waals surface area contributed by atoms with Crippen molar-refractivity contribution in [3.8, 4) is 5.88 Å². The molecule has 2 aliphatic heterocycles. The standard InChI is InChI=1S/C17H21N3O6/c1-8(2)17(3)16(23)19-12(20-17)11-9(14(21)22)7-10(13(18-11)24-4)15-25-5-6-26-15/h7-8,15H,5-6H2,1-4H3,(H,21,22)(H,19,20,23). The summed E-state index contributed by atoms with van der Waals surface area (Å²) in [6.07, 6.45) is -0.745. The van der Waals surface area contributed by atoms with Gasteiger partial charge in [-0.05, 0) is 18.9 Å². The van der Waals surface area contributed by atoms with E-state index in [2.05, 4.69) is 15.3 Å². The van der Waals surface area contributed by atoms with Crippen molar-refractivity contribution in [1.29, 1.82) is 0 Å². The molecule has 3 rings (SSSR count). The molecule has 1 atom stereocenters. The molecule has 2 aliphatic rings. The number of carboxylic acid groups (broad SMARTS) is 1. The molecule has 0 saturated carbocycles. The quantitative estimate of drug-likeness (QED) is 0.804. The molecule has 9 heteroatoms. The Bertz CT molecular complexity index is 785. The Hall–Kier alpha value is -2.52. The third-order valence-corrected chi connectivity index (χ3v) is 4.70. The molecule has 1 aromatic rings. The number of rotatable bonds is 5. The second-order valence-corrected chi connectivity index (χ2v) is 6.58. The summed E-state index contributed by atoms with van der Waals surface area (Å²) in [5.41, 5.74) is -0.695. The van der Waals surface area contributed by atoms with E-state index in [0.717, 1.165) is 0 Å². The van der Waals surface area contributed by atoms with Crippen LogP contribution in [0.2, 0.25) is 0 Å². The van der Waals surface area contributed by atoms with E-state index in [1.807, 2.05) is 13.8 Å². The average molecular weight is 363 g/mol. The van der Waals surface area contributed by atoms with E-state index in [1.165, 1.54) is 13.2 Å². The molecule has 1 unspecified atom stereocenters. The molecule has 3 heterocycles. The molecule has 140 valence electrons. The van der Waals surface area contributed by atoms with Gasteiger partial charge < -0.3 is 24.6 Å². The van der Waals surface area contributed by atoms with Crippen molar-refractivity contribution >= 4 is 17.7 Å². The topological polar surface area (TPSA) is 119 Å². The number of nitrogens with zero attached hydrogens (tertiary/aromatic N) is 2. The number of pyridine rings is 1. The smallest absolute Gasteiger partial charge is 0.338 e. The van der Waals surface area contributed by atoms with Gasteiger partial charge in [0, 0.05) is 0 Å². The van der Waals surface area contributed by atoms with E-state index in [0.29, 0.717) is 18.8 Å². The molecule has 2 N–H and O–H groups in total. The van der Waals surface area contributed by atoms with Gasteiger partial charge in [-0.15, -0.1) is 0 Å². The fourth-order valence-corrected chi connectivity index (χ4v) is 2.77. The van der Waals surface area contributed by atoms with Crippen LogP contribution in [0.3, 0.4) is 0 Å². The number of aromatic nitrogens is 1. The highest BCUT2D eigenvalue weighted by molar-refractivity contribution is 6.17. The highest BCUT2D eigenvalue weighted by Gasteiger charge is 2.43. The fourth-order valence-electron chi connectivity index (χ4n) is 2.77. The Labute approximate surface area is 150 Å². The molecule has 26 heavy (non-hydrogen) atoms. The SMILES string of the molecule is COc1nc(C2=NC(C)(C(C)C)C(=O)N2)c(C(=O)O)cc1C1OCCO1. The van der Waals surface area contributed by atoms with Crippen LogP contribution < -0.4 is 10.1 Å². The maximum Gasteiger partial charge on any atom is 0.338 e. The zero-order valence-corrected chi connectivity index (χ0v) is 15.0. The summed E-state index contributed by atoms with van der Waals surface area (Å²) in [7, 11) is 1.41. The summed E-state index contributed by atoms with van der Waals surface area (Å²) < 4.78 is 16.1. The lowest BCUT2D eigenvalue weighted by Gasteiger charge is -2.21. The molecule has 1 aromatic heterocycles. The first-order valence-electron chi connectivity index (χ1n) is 8.25. The van der Waals surface area contributed by atoms with E-state index in [9.17, 15) is 14.7 Å². The van der Waals surface area contributed by atoms with Gasteiger partial charge in [0.05, 0.1) is 31.5 Å². The van der Waals surface area contributed by atoms with Crippen LogP contribution in [-0.2, 0) is 14.3 Å². The van der Waals surface area contributed by atoms with Gasteiger partial charge in [0.15, 0.2) is 12.1 Å². The molecule has 0 aromatic carbocycles. The second-order valence-electron chi connectivity index (χ2n) is 6.58. The molecule has 0 bridgehead atoms. The third-order valence-electron chi connectivity index (χ3n) is 4.70. The number of hydrogen-bond acceptors (Lipinski definition) is 7. The Balaban J connectivity index is 2.13. The summed E-state index contributed by atoms with van der Waals surface area (Å²) in [4.78, 5) is 32.9. The predicted molar refractivity (Wildman–Crippen MR) is 90.3 cm³/mol. The monoisotopic (exact) mass is 363 g/mol. The first-order valence-corrected chi connectivity index (χ1v) is 8.25. The third kappa shape index (κ3) is 2.93. The first-order chi connectivity index (χ1) is 12.3. The highest BCUT2D eigenvalue weighted by atomic mass is 16.7. The number of amidine groups is 1. The van der Waals surface area contributed by atoms with E-state index in [1.54, 1.807) is 6.92 Å². The Morgan fingerprint density at radius 1 is 1.42 bits per heavy atom. The number of methoxy groups -OCH3 is 1. The van der Waals surface area contributed by atoms with Gasteiger partial charge in [0.2, 0.25) is 5.88 Å². The number of ether oxygens (including phenoxy) is 3. The number of carboxylic acids is 1. The lowest BCUT2D eigenvalue weighted by molar-refractivity contribution is -0.124. The lowest BCUT2D eigenvalue weighted by Crippen LogP contribution is -2.41. The lowest BCUT2D eigenvalue weighted by atomic mass is 9.89. The summed E-state index contributed by atoms with van der Waals surface area (Å²) in [5, 5.41) is 12.3. The van der Waals surface area contributed by atoms with Crippen LogP contribution in [0.25, 0.3) is 0 Å². The van der Waals surface area contributed by atoms with Gasteiger partial charge in [-0.1, -0.05) is 13.8 Å². The second kappa shape index (κ2) is 6.65. The highest BCUT2D eigenvalue weighted by Crippen LogP contribution is 2.33. The number of aromatic carboxylic acids is 1. The van der Waals surface area contributed by atoms with Crippen LogP contribution in [0.15, 0.2) is 11.1 Å². The van der Waals surface area contributed by atoms with Crippen molar-refractivity contribution in [2.75, 3.05) is 20.3 Å². The minimum absolute atomic E-state index is 0.0359. The minimum Gasteiger partial charge on any atom is -0.481 e. The number of hydrogen-bond donors (Lipinski definition) is 2. The molecule has 1 amide bonds. The number of aliphatic imine (C=N–C) groups is 1. The Morgan fingerprint density at radius 2 is 2.08 bits per heavy atom. The van der Waals surface area contributed by atoms with Gasteiger partial charge >= 0.3 is 5.97 Å². The Kier molecular flexibility index (Phi) is 4.68. The van der Waals surface area contributed by atoms with Gasteiger partial charge in [-0.2, -0.15) is 0 Å². The van der Waals surface area contributed by atoms with Gasteiger partial charge in [-0.25, -0.2) is 14.8 Å². The maximum absolute atomic E-state index is 12.4. The van der Waals surface area contributed by atoms with Crippen molar-refractivity contribution < 1.29 is 28.9 Å². The molecule has 1 saturated heterocycles. The average Bonchev–Trinajstić information content (AvgIpc) is 3.23. The molecule has 0 spiro atoms. The summed E-state index contributed by atoms with van der Waals surface area (Å²) in [5.74, 6) is -1.31. The number of carbonyl (C=O) groups excluding carboxylic acids is 1. The Morgan fingerprint density at radius 3 is 2.58 bits per heavy atom. The van der Waals surface area contributed by atoms with Crippen LogP contribution in [0.5, 0.6) is 5.88 Å². The minimum atomic E-state index is -1.20. The van der Waals surface area contributed by atoms with Crippen LogP contribution in [0.1, 0.15) is 48.7 Å². The van der Waals surface area contributed by atoms with Crippen molar-refractivity contribution in [2.24, 2.45) is 10.9 Å². The van der Waals surface area contributed by atoms with Gasteiger partial charge in [0.25, 0.3) is 5.91 Å². The van der Waals surface area contributed by atoms with Crippen LogP contribution in [0, 0.1) is 5.92 Å². The number of carbonyl (C=O) groups is 2. The normalized spacial score (nSPS) is 23.3. The molecule has 0 radical (unpaired) electrons. The zero-order valence-electron chi connectivity index (χ0n) is 15.0. The molecule has 0 aliphatic carbocycles. The van der Waals surface area contributed by atoms with Crippen molar-refractivity contribution in [3.63, 3.8) is 0 Å². The van der Waals surface area contributed by atoms with Gasteiger partial charge in [0.1, 0.15) is 11.2 Å². The summed E-state index contributed by atoms with van der Waals surface area (Å²) in [6.45, 7) is 6.24. The molecular weight excluding hydrogens is 342 g/mol. The summed E-state index contributed by atoms with van der Waals surface area (Å²) in [6, 6.07) is 1.39. The van der Waals surface area contributed by atoms with Crippen molar-refractivity contribution in [2.45, 2.75) is 32.6 Å². The van der Waals surface area contributed by atoms with Crippen LogP contribution in [-0.4, -0.2) is 53.7 Å². The van der Waals surface area contributed by atoms with E-state index in [4.69, 9.17) is 14.2 Å². The van der Waals surface area contributed by atoms with Crippen molar-refractivity contribution in [3.05, 3.63) is 22.9 Å². The molecule has 9 nitrogen and oxygen atoms in total. The molecule has 1 fully saturated rings. The van der Waals surface area contributed by atoms with Crippen LogP contribution in [0.4, 0.5) is 0 Å². The number of nitrogens with one attached hydrogen (secondary N) is 1. The van der Waals surface area contributed by atoms with E-state index < -0.39 is 17.8 Å². The van der Waals surface area contributed by atoms with Crippen molar-refractivity contribution in [1.82, 2.24) is 10.3 Å². The zero-order chi connectivity index (χ0) is 19.1. The van der Waals surface area contributed by atoms with E-state index >= 15 is 0 Å². The summed E-state index contributed by atoms with van der Waals surface area (Å²) >= 11 is 0. The maximum atomic E-state index is 12.4. The van der Waals surface area contributed by atoms with E-state index in [-0.39, 0.29) is 34.8 Å². The first kappa shape index (κ1) is 18.3.